The number of nitrogens with one attached hydrogen (secondary N) is 1. The van der Waals surface area contributed by atoms with Crippen LogP contribution in [0.2, 0.25) is 0 Å². The van der Waals surface area contributed by atoms with E-state index < -0.39 is 10.0 Å². The highest BCUT2D eigenvalue weighted by Crippen LogP contribution is 2.44. The summed E-state index contributed by atoms with van der Waals surface area (Å²) in [5, 5.41) is 3.06. The first-order valence-electron chi connectivity index (χ1n) is 10.4. The maximum absolute atomic E-state index is 12.6. The van der Waals surface area contributed by atoms with E-state index in [9.17, 15) is 13.2 Å². The van der Waals surface area contributed by atoms with Gasteiger partial charge in [0.2, 0.25) is 15.9 Å². The average Bonchev–Trinajstić information content (AvgIpc) is 3.34. The monoisotopic (exact) mass is 428 g/mol. The van der Waals surface area contributed by atoms with E-state index in [4.69, 9.17) is 4.74 Å². The molecule has 30 heavy (non-hydrogen) atoms. The summed E-state index contributed by atoms with van der Waals surface area (Å²) < 4.78 is 31.6. The Kier molecular flexibility index (Phi) is 5.99. The standard InChI is InChI=1S/C23H28N2O4S/c1-30(27,28)25(15-23(26)24-22-14-18-7-8-19(22)13-18)20-9-11-21(12-10-20)29-16-17-5-3-2-4-6-17/h2-6,9-12,18-19,22H,7-8,13-16H2,1H3,(H,24,26)/t18-,19+,22-/m0/s1. The topological polar surface area (TPSA) is 75.7 Å². The number of hydrogen-bond acceptors (Lipinski definition) is 4. The van der Waals surface area contributed by atoms with Gasteiger partial charge in [0.05, 0.1) is 11.9 Å². The van der Waals surface area contributed by atoms with Gasteiger partial charge in [0.15, 0.2) is 0 Å². The second-order valence-electron chi connectivity index (χ2n) is 8.39. The third kappa shape index (κ3) is 4.95. The minimum atomic E-state index is -3.59. The van der Waals surface area contributed by atoms with E-state index in [2.05, 4.69) is 5.32 Å². The first-order valence-corrected chi connectivity index (χ1v) is 12.3. The fraction of sp³-hybridized carbons (Fsp3) is 0.435. The summed E-state index contributed by atoms with van der Waals surface area (Å²) in [5.41, 5.74) is 1.50. The van der Waals surface area contributed by atoms with E-state index in [0.29, 0.717) is 24.0 Å². The highest BCUT2D eigenvalue weighted by Gasteiger charge is 2.40. The molecule has 2 fully saturated rings. The lowest BCUT2D eigenvalue weighted by Gasteiger charge is -2.26. The molecule has 3 atom stereocenters. The highest BCUT2D eigenvalue weighted by atomic mass is 32.2. The number of rotatable bonds is 8. The van der Waals surface area contributed by atoms with E-state index in [1.165, 1.54) is 12.8 Å². The summed E-state index contributed by atoms with van der Waals surface area (Å²) in [6, 6.07) is 16.8. The molecule has 6 nitrogen and oxygen atoms in total. The average molecular weight is 429 g/mol. The Labute approximate surface area is 178 Å². The maximum atomic E-state index is 12.6. The number of nitrogens with zero attached hydrogens (tertiary/aromatic N) is 1. The van der Waals surface area contributed by atoms with Crippen LogP contribution in [0, 0.1) is 11.8 Å². The van der Waals surface area contributed by atoms with Gasteiger partial charge in [-0.15, -0.1) is 0 Å². The van der Waals surface area contributed by atoms with Crippen molar-refractivity contribution in [3.8, 4) is 5.75 Å². The number of sulfonamides is 1. The van der Waals surface area contributed by atoms with Crippen LogP contribution < -0.4 is 14.4 Å². The molecule has 2 bridgehead atoms. The van der Waals surface area contributed by atoms with Gasteiger partial charge in [-0.25, -0.2) is 8.42 Å². The van der Waals surface area contributed by atoms with Crippen molar-refractivity contribution in [2.45, 2.75) is 38.3 Å². The van der Waals surface area contributed by atoms with Crippen LogP contribution in [0.4, 0.5) is 5.69 Å². The Morgan fingerprint density at radius 2 is 1.80 bits per heavy atom. The fourth-order valence-corrected chi connectivity index (χ4v) is 5.51. The van der Waals surface area contributed by atoms with Crippen LogP contribution in [-0.4, -0.2) is 33.2 Å². The lowest BCUT2D eigenvalue weighted by atomic mass is 9.95. The quantitative estimate of drug-likeness (QED) is 0.700. The molecule has 0 heterocycles. The molecule has 0 saturated heterocycles. The predicted octanol–water partition coefficient (Wildman–Crippen LogP) is 3.34. The Balaban J connectivity index is 1.38. The lowest BCUT2D eigenvalue weighted by molar-refractivity contribution is -0.120. The molecule has 160 valence electrons. The molecule has 1 N–H and O–H groups in total. The van der Waals surface area contributed by atoms with Gasteiger partial charge in [-0.05, 0) is 60.9 Å². The predicted molar refractivity (Wildman–Crippen MR) is 117 cm³/mol. The summed E-state index contributed by atoms with van der Waals surface area (Å²) in [6.07, 6.45) is 5.74. The first-order chi connectivity index (χ1) is 14.4. The van der Waals surface area contributed by atoms with Crippen LogP contribution in [0.15, 0.2) is 54.6 Å². The molecule has 0 aromatic heterocycles. The summed E-state index contributed by atoms with van der Waals surface area (Å²) in [4.78, 5) is 12.6. The number of carbonyl (C=O) groups is 1. The maximum Gasteiger partial charge on any atom is 0.241 e. The van der Waals surface area contributed by atoms with Gasteiger partial charge in [0, 0.05) is 6.04 Å². The molecule has 2 saturated carbocycles. The van der Waals surface area contributed by atoms with Crippen molar-refractivity contribution in [2.75, 3.05) is 17.1 Å². The second-order valence-corrected chi connectivity index (χ2v) is 10.3. The van der Waals surface area contributed by atoms with Gasteiger partial charge < -0.3 is 10.1 Å². The van der Waals surface area contributed by atoms with Crippen LogP contribution >= 0.6 is 0 Å². The number of anilines is 1. The number of ether oxygens (including phenoxy) is 1. The molecule has 0 unspecified atom stereocenters. The first kappa shape index (κ1) is 20.7. The number of benzene rings is 2. The summed E-state index contributed by atoms with van der Waals surface area (Å²) >= 11 is 0. The van der Waals surface area contributed by atoms with Gasteiger partial charge in [-0.1, -0.05) is 36.8 Å². The molecule has 0 spiro atoms. The normalized spacial score (nSPS) is 22.6. The smallest absolute Gasteiger partial charge is 0.241 e. The molecule has 2 aliphatic carbocycles. The molecule has 0 aliphatic heterocycles. The van der Waals surface area contributed by atoms with Gasteiger partial charge in [-0.2, -0.15) is 0 Å². The minimum absolute atomic E-state index is 0.187. The van der Waals surface area contributed by atoms with E-state index in [-0.39, 0.29) is 18.5 Å². The van der Waals surface area contributed by atoms with Gasteiger partial charge >= 0.3 is 0 Å². The third-order valence-electron chi connectivity index (χ3n) is 6.15. The third-order valence-corrected chi connectivity index (χ3v) is 7.29. The van der Waals surface area contributed by atoms with Crippen molar-refractivity contribution in [3.05, 3.63) is 60.2 Å². The zero-order valence-corrected chi connectivity index (χ0v) is 18.0. The van der Waals surface area contributed by atoms with Crippen molar-refractivity contribution in [3.63, 3.8) is 0 Å². The number of fused-ring (bicyclic) bond motifs is 2. The molecule has 0 radical (unpaired) electrons. The Hall–Kier alpha value is -2.54. The number of carbonyl (C=O) groups excluding carboxylic acids is 1. The molecule has 2 aromatic carbocycles. The number of amides is 1. The minimum Gasteiger partial charge on any atom is -0.489 e. The molecule has 7 heteroatoms. The van der Waals surface area contributed by atoms with E-state index in [0.717, 1.165) is 34.9 Å². The fourth-order valence-electron chi connectivity index (χ4n) is 4.65. The Morgan fingerprint density at radius 3 is 2.40 bits per heavy atom. The van der Waals surface area contributed by atoms with Gasteiger partial charge in [0.1, 0.15) is 18.9 Å². The van der Waals surface area contributed by atoms with Crippen molar-refractivity contribution in [1.29, 1.82) is 0 Å². The summed E-state index contributed by atoms with van der Waals surface area (Å²) in [6.45, 7) is 0.221. The van der Waals surface area contributed by atoms with E-state index in [1.807, 2.05) is 30.3 Å². The lowest BCUT2D eigenvalue weighted by Crippen LogP contribution is -2.45. The van der Waals surface area contributed by atoms with Crippen molar-refractivity contribution in [2.24, 2.45) is 11.8 Å². The Morgan fingerprint density at radius 1 is 1.07 bits per heavy atom. The zero-order valence-electron chi connectivity index (χ0n) is 17.2. The van der Waals surface area contributed by atoms with Crippen LogP contribution in [0.5, 0.6) is 5.75 Å². The van der Waals surface area contributed by atoms with Crippen molar-refractivity contribution < 1.29 is 17.9 Å². The molecular weight excluding hydrogens is 400 g/mol. The summed E-state index contributed by atoms with van der Waals surface area (Å²) in [7, 11) is -3.59. The van der Waals surface area contributed by atoms with Crippen LogP contribution in [0.3, 0.4) is 0 Å². The van der Waals surface area contributed by atoms with Crippen molar-refractivity contribution in [1.82, 2.24) is 5.32 Å². The zero-order chi connectivity index (χ0) is 21.1. The van der Waals surface area contributed by atoms with Gasteiger partial charge in [0.25, 0.3) is 0 Å². The molecular formula is C23H28N2O4S. The van der Waals surface area contributed by atoms with Gasteiger partial charge in [-0.3, -0.25) is 9.10 Å². The molecule has 4 rings (SSSR count). The molecule has 2 aliphatic rings. The SMILES string of the molecule is CS(=O)(=O)N(CC(=O)N[C@H]1C[C@H]2CC[C@@H]1C2)c1ccc(OCc2ccccc2)cc1. The van der Waals surface area contributed by atoms with Crippen LogP contribution in [0.25, 0.3) is 0 Å². The van der Waals surface area contributed by atoms with E-state index in [1.54, 1.807) is 24.3 Å². The second kappa shape index (κ2) is 8.68. The van der Waals surface area contributed by atoms with Crippen LogP contribution in [0.1, 0.15) is 31.2 Å². The van der Waals surface area contributed by atoms with Crippen LogP contribution in [-0.2, 0) is 21.4 Å². The van der Waals surface area contributed by atoms with Crippen molar-refractivity contribution >= 4 is 21.6 Å². The molecule has 2 aromatic rings. The van der Waals surface area contributed by atoms with E-state index >= 15 is 0 Å². The number of hydrogen-bond donors (Lipinski definition) is 1. The highest BCUT2D eigenvalue weighted by molar-refractivity contribution is 7.92. The summed E-state index contributed by atoms with van der Waals surface area (Å²) in [5.74, 6) is 1.66. The Bertz CT molecular complexity index is 976. The molecule has 1 amide bonds. The largest absolute Gasteiger partial charge is 0.489 e.